The van der Waals surface area contributed by atoms with Crippen molar-refractivity contribution in [2.45, 2.75) is 25.9 Å². The van der Waals surface area contributed by atoms with Gasteiger partial charge in [-0.1, -0.05) is 6.92 Å². The highest BCUT2D eigenvalue weighted by atomic mass is 16.3. The number of rotatable bonds is 6. The van der Waals surface area contributed by atoms with Crippen molar-refractivity contribution in [3.8, 4) is 0 Å². The normalized spacial score (nSPS) is 14.8. The molecule has 12 heavy (non-hydrogen) atoms. The maximum absolute atomic E-state index is 9.63. The number of hydrogen-bond donors (Lipinski definition) is 4. The largest absolute Gasteiger partial charge is 0.396 e. The Balaban J connectivity index is 4.33. The summed E-state index contributed by atoms with van der Waals surface area (Å²) in [6.07, 6.45) is 0.572. The van der Waals surface area contributed by atoms with Crippen LogP contribution in [0.5, 0.6) is 0 Å². The highest BCUT2D eigenvalue weighted by molar-refractivity contribution is 4.87. The quantitative estimate of drug-likeness (QED) is 0.419. The lowest BCUT2D eigenvalue weighted by atomic mass is 9.78. The van der Waals surface area contributed by atoms with Crippen molar-refractivity contribution in [1.29, 1.82) is 0 Å². The van der Waals surface area contributed by atoms with E-state index in [1.54, 1.807) is 0 Å². The molecule has 0 spiro atoms. The van der Waals surface area contributed by atoms with Crippen molar-refractivity contribution >= 4 is 0 Å². The lowest BCUT2D eigenvalue weighted by Crippen LogP contribution is -2.47. The van der Waals surface area contributed by atoms with Gasteiger partial charge in [0.2, 0.25) is 0 Å². The smallest absolute Gasteiger partial charge is 0.0618 e. The van der Waals surface area contributed by atoms with Gasteiger partial charge >= 0.3 is 0 Å². The van der Waals surface area contributed by atoms with Crippen molar-refractivity contribution in [3.05, 3.63) is 0 Å². The van der Waals surface area contributed by atoms with Crippen LogP contribution in [0.25, 0.3) is 0 Å². The number of hydrogen-bond acceptors (Lipinski definition) is 4. The molecule has 6 N–H and O–H groups in total. The third kappa shape index (κ3) is 2.42. The van der Waals surface area contributed by atoms with Crippen molar-refractivity contribution in [2.24, 2.45) is 16.9 Å². The van der Waals surface area contributed by atoms with Gasteiger partial charge in [0.15, 0.2) is 0 Å². The fraction of sp³-hybridized carbons (Fsp3) is 1.00. The van der Waals surface area contributed by atoms with Gasteiger partial charge < -0.3 is 21.7 Å². The molecule has 4 heteroatoms. The van der Waals surface area contributed by atoms with Crippen LogP contribution in [-0.2, 0) is 0 Å². The molecule has 0 heterocycles. The third-order valence-corrected chi connectivity index (χ3v) is 2.52. The summed E-state index contributed by atoms with van der Waals surface area (Å²) in [4.78, 5) is 0. The van der Waals surface area contributed by atoms with E-state index in [-0.39, 0.29) is 6.61 Å². The topological polar surface area (TPSA) is 92.5 Å². The van der Waals surface area contributed by atoms with E-state index in [4.69, 9.17) is 16.6 Å². The Hall–Kier alpha value is -0.160. The van der Waals surface area contributed by atoms with E-state index in [0.717, 1.165) is 0 Å². The SMILES string of the molecule is CCC(O)C(CN)(CN)CCO. The molecule has 0 aromatic heterocycles. The molecule has 0 radical (unpaired) electrons. The molecule has 0 fully saturated rings. The zero-order valence-electron chi connectivity index (χ0n) is 7.66. The van der Waals surface area contributed by atoms with Crippen molar-refractivity contribution in [3.63, 3.8) is 0 Å². The summed E-state index contributed by atoms with van der Waals surface area (Å²) in [6, 6.07) is 0. The second kappa shape index (κ2) is 5.48. The Morgan fingerprint density at radius 1 is 1.33 bits per heavy atom. The van der Waals surface area contributed by atoms with Crippen LogP contribution >= 0.6 is 0 Å². The summed E-state index contributed by atoms with van der Waals surface area (Å²) < 4.78 is 0. The molecule has 0 saturated carbocycles. The van der Waals surface area contributed by atoms with Gasteiger partial charge in [0.25, 0.3) is 0 Å². The number of aliphatic hydroxyl groups is 2. The molecular formula is C8H20N2O2. The molecule has 0 aliphatic heterocycles. The Morgan fingerprint density at radius 2 is 1.83 bits per heavy atom. The maximum Gasteiger partial charge on any atom is 0.0618 e. The molecule has 74 valence electrons. The van der Waals surface area contributed by atoms with Crippen molar-refractivity contribution in [1.82, 2.24) is 0 Å². The zero-order valence-corrected chi connectivity index (χ0v) is 7.66. The van der Waals surface area contributed by atoms with Crippen molar-refractivity contribution < 1.29 is 10.2 Å². The summed E-state index contributed by atoms with van der Waals surface area (Å²) in [7, 11) is 0. The van der Waals surface area contributed by atoms with E-state index in [1.807, 2.05) is 6.92 Å². The summed E-state index contributed by atoms with van der Waals surface area (Å²) in [5.41, 5.74) is 10.6. The highest BCUT2D eigenvalue weighted by Gasteiger charge is 2.33. The van der Waals surface area contributed by atoms with Crippen LogP contribution in [0.3, 0.4) is 0 Å². The zero-order chi connectivity index (χ0) is 9.61. The van der Waals surface area contributed by atoms with E-state index >= 15 is 0 Å². The van der Waals surface area contributed by atoms with Gasteiger partial charge in [-0.25, -0.2) is 0 Å². The summed E-state index contributed by atoms with van der Waals surface area (Å²) in [5, 5.41) is 18.4. The van der Waals surface area contributed by atoms with E-state index in [1.165, 1.54) is 0 Å². The van der Waals surface area contributed by atoms with Crippen LogP contribution in [-0.4, -0.2) is 36.0 Å². The lowest BCUT2D eigenvalue weighted by Gasteiger charge is -2.35. The molecule has 4 nitrogen and oxygen atoms in total. The molecule has 0 aromatic rings. The molecule has 1 atom stereocenters. The predicted octanol–water partition coefficient (Wildman–Crippen LogP) is -0.956. The van der Waals surface area contributed by atoms with Crippen LogP contribution in [0.2, 0.25) is 0 Å². The first-order valence-electron chi connectivity index (χ1n) is 4.36. The van der Waals surface area contributed by atoms with Gasteiger partial charge in [-0.2, -0.15) is 0 Å². The van der Waals surface area contributed by atoms with Crippen LogP contribution in [0.1, 0.15) is 19.8 Å². The third-order valence-electron chi connectivity index (χ3n) is 2.52. The minimum Gasteiger partial charge on any atom is -0.396 e. The van der Waals surface area contributed by atoms with Gasteiger partial charge in [-0.15, -0.1) is 0 Å². The summed E-state index contributed by atoms with van der Waals surface area (Å²) in [5.74, 6) is 0. The van der Waals surface area contributed by atoms with Crippen LogP contribution in [0.4, 0.5) is 0 Å². The fourth-order valence-electron chi connectivity index (χ4n) is 1.38. The first-order valence-corrected chi connectivity index (χ1v) is 4.36. The van der Waals surface area contributed by atoms with Gasteiger partial charge in [-0.05, 0) is 12.8 Å². The number of aliphatic hydroxyl groups excluding tert-OH is 2. The maximum atomic E-state index is 9.63. The minimum atomic E-state index is -0.514. The molecule has 1 unspecified atom stereocenters. The standard InChI is InChI=1S/C8H20N2O2/c1-2-7(12)8(5-9,6-10)3-4-11/h7,11-12H,2-6,9-10H2,1H3. The Bertz CT molecular complexity index is 116. The monoisotopic (exact) mass is 176 g/mol. The highest BCUT2D eigenvalue weighted by Crippen LogP contribution is 2.25. The number of nitrogens with two attached hydrogens (primary N) is 2. The molecule has 0 aliphatic carbocycles. The molecule has 0 amide bonds. The molecule has 0 bridgehead atoms. The summed E-state index contributed by atoms with van der Waals surface area (Å²) >= 11 is 0. The van der Waals surface area contributed by atoms with Crippen molar-refractivity contribution in [2.75, 3.05) is 19.7 Å². The Labute approximate surface area is 73.6 Å². The second-order valence-electron chi connectivity index (χ2n) is 3.17. The average Bonchev–Trinajstić information content (AvgIpc) is 2.13. The van der Waals surface area contributed by atoms with E-state index in [0.29, 0.717) is 25.9 Å². The summed E-state index contributed by atoms with van der Waals surface area (Å²) in [6.45, 7) is 2.53. The second-order valence-corrected chi connectivity index (χ2v) is 3.17. The molecule has 0 aromatic carbocycles. The first-order chi connectivity index (χ1) is 5.66. The van der Waals surface area contributed by atoms with Crippen LogP contribution in [0, 0.1) is 5.41 Å². The van der Waals surface area contributed by atoms with Crippen LogP contribution in [0.15, 0.2) is 0 Å². The molecular weight excluding hydrogens is 156 g/mol. The van der Waals surface area contributed by atoms with E-state index < -0.39 is 11.5 Å². The average molecular weight is 176 g/mol. The van der Waals surface area contributed by atoms with E-state index in [2.05, 4.69) is 0 Å². The Morgan fingerprint density at radius 3 is 2.08 bits per heavy atom. The molecule has 0 aliphatic rings. The molecule has 0 rings (SSSR count). The van der Waals surface area contributed by atoms with Crippen LogP contribution < -0.4 is 11.5 Å². The van der Waals surface area contributed by atoms with Gasteiger partial charge in [0, 0.05) is 25.1 Å². The first kappa shape index (κ1) is 11.8. The molecule has 0 saturated heterocycles. The van der Waals surface area contributed by atoms with Gasteiger partial charge in [0.05, 0.1) is 6.10 Å². The van der Waals surface area contributed by atoms with E-state index in [9.17, 15) is 5.11 Å². The minimum absolute atomic E-state index is 0.0193. The Kier molecular flexibility index (Phi) is 5.41. The van der Waals surface area contributed by atoms with Gasteiger partial charge in [0.1, 0.15) is 0 Å². The van der Waals surface area contributed by atoms with Gasteiger partial charge in [-0.3, -0.25) is 0 Å². The fourth-order valence-corrected chi connectivity index (χ4v) is 1.38. The predicted molar refractivity (Wildman–Crippen MR) is 48.5 cm³/mol. The lowest BCUT2D eigenvalue weighted by molar-refractivity contribution is 0.0154.